The standard InChI is InChI=1S/C15H22ClNO2/c1-14(2)9-17(13(18)11-5-6-12(11)16)10-15(19-14)7-3-4-8-15/h3-10H2,1-2H3. The minimum Gasteiger partial charge on any atom is -0.365 e. The summed E-state index contributed by atoms with van der Waals surface area (Å²) < 4.78 is 6.32. The second kappa shape index (κ2) is 4.49. The van der Waals surface area contributed by atoms with Crippen molar-refractivity contribution < 1.29 is 9.53 Å². The van der Waals surface area contributed by atoms with Crippen LogP contribution in [0.3, 0.4) is 0 Å². The molecule has 1 saturated carbocycles. The topological polar surface area (TPSA) is 29.5 Å². The van der Waals surface area contributed by atoms with Crippen molar-refractivity contribution in [3.63, 3.8) is 0 Å². The number of nitrogens with zero attached hydrogens (tertiary/aromatic N) is 1. The zero-order valence-corrected chi connectivity index (χ0v) is 12.6. The highest BCUT2D eigenvalue weighted by atomic mass is 35.5. The Labute approximate surface area is 119 Å². The largest absolute Gasteiger partial charge is 0.365 e. The molecule has 1 spiro atoms. The smallest absolute Gasteiger partial charge is 0.251 e. The predicted octanol–water partition coefficient (Wildman–Crippen LogP) is 3.22. The van der Waals surface area contributed by atoms with Gasteiger partial charge in [-0.25, -0.2) is 0 Å². The fraction of sp³-hybridized carbons (Fsp3) is 0.800. The number of carbonyl (C=O) groups excluding carboxylic acids is 1. The highest BCUT2D eigenvalue weighted by Gasteiger charge is 2.47. The van der Waals surface area contributed by atoms with Crippen molar-refractivity contribution in [2.24, 2.45) is 0 Å². The first-order chi connectivity index (χ1) is 8.91. The molecule has 19 heavy (non-hydrogen) atoms. The summed E-state index contributed by atoms with van der Waals surface area (Å²) >= 11 is 6.05. The first-order valence-electron chi connectivity index (χ1n) is 7.28. The van der Waals surface area contributed by atoms with Gasteiger partial charge in [-0.1, -0.05) is 24.4 Å². The highest BCUT2D eigenvalue weighted by molar-refractivity contribution is 6.33. The summed E-state index contributed by atoms with van der Waals surface area (Å²) in [6.07, 6.45) is 6.27. The minimum absolute atomic E-state index is 0.103. The Hall–Kier alpha value is -0.540. The van der Waals surface area contributed by atoms with Crippen LogP contribution in [-0.4, -0.2) is 35.1 Å². The molecule has 3 rings (SSSR count). The number of carbonyl (C=O) groups is 1. The van der Waals surface area contributed by atoms with Gasteiger partial charge in [-0.15, -0.1) is 0 Å². The second-order valence-electron chi connectivity index (χ2n) is 6.80. The van der Waals surface area contributed by atoms with Crippen molar-refractivity contribution in [2.45, 2.75) is 63.6 Å². The van der Waals surface area contributed by atoms with Gasteiger partial charge in [0.1, 0.15) is 0 Å². The Morgan fingerprint density at radius 3 is 2.42 bits per heavy atom. The van der Waals surface area contributed by atoms with Gasteiger partial charge in [0.2, 0.25) is 0 Å². The molecular formula is C15H22ClNO2. The fourth-order valence-corrected chi connectivity index (χ4v) is 3.97. The molecule has 2 aliphatic carbocycles. The molecule has 106 valence electrons. The number of hydrogen-bond acceptors (Lipinski definition) is 2. The molecule has 0 aromatic heterocycles. The molecule has 1 amide bonds. The molecule has 1 aliphatic heterocycles. The molecule has 0 atom stereocenters. The van der Waals surface area contributed by atoms with E-state index in [4.69, 9.17) is 16.3 Å². The number of rotatable bonds is 1. The van der Waals surface area contributed by atoms with Gasteiger partial charge < -0.3 is 9.64 Å². The van der Waals surface area contributed by atoms with Gasteiger partial charge in [0.05, 0.1) is 17.7 Å². The first-order valence-corrected chi connectivity index (χ1v) is 7.66. The maximum Gasteiger partial charge on any atom is 0.251 e. The average Bonchev–Trinajstić information content (AvgIpc) is 2.72. The summed E-state index contributed by atoms with van der Waals surface area (Å²) in [6, 6.07) is 0. The van der Waals surface area contributed by atoms with Crippen LogP contribution in [0.2, 0.25) is 0 Å². The van der Waals surface area contributed by atoms with Crippen LogP contribution in [0.5, 0.6) is 0 Å². The molecule has 4 heteroatoms. The van der Waals surface area contributed by atoms with Crippen LogP contribution in [0.25, 0.3) is 0 Å². The maximum absolute atomic E-state index is 12.5. The molecule has 0 N–H and O–H groups in total. The molecule has 3 aliphatic rings. The third kappa shape index (κ3) is 2.43. The lowest BCUT2D eigenvalue weighted by molar-refractivity contribution is -0.196. The zero-order chi connectivity index (χ0) is 13.7. The predicted molar refractivity (Wildman–Crippen MR) is 75.1 cm³/mol. The van der Waals surface area contributed by atoms with Crippen molar-refractivity contribution in [2.75, 3.05) is 13.1 Å². The van der Waals surface area contributed by atoms with Crippen molar-refractivity contribution in [3.05, 3.63) is 10.6 Å². The van der Waals surface area contributed by atoms with Gasteiger partial charge in [0.15, 0.2) is 0 Å². The average molecular weight is 284 g/mol. The quantitative estimate of drug-likeness (QED) is 0.739. The Morgan fingerprint density at radius 2 is 1.89 bits per heavy atom. The summed E-state index contributed by atoms with van der Waals surface area (Å²) in [4.78, 5) is 14.5. The van der Waals surface area contributed by atoms with E-state index in [-0.39, 0.29) is 17.1 Å². The van der Waals surface area contributed by atoms with E-state index in [1.807, 2.05) is 4.90 Å². The molecule has 2 fully saturated rings. The molecule has 0 aromatic carbocycles. The van der Waals surface area contributed by atoms with E-state index in [9.17, 15) is 4.79 Å². The number of halogens is 1. The first kappa shape index (κ1) is 13.4. The van der Waals surface area contributed by atoms with Crippen molar-refractivity contribution in [1.29, 1.82) is 0 Å². The Kier molecular flexibility index (Phi) is 3.18. The van der Waals surface area contributed by atoms with E-state index >= 15 is 0 Å². The van der Waals surface area contributed by atoms with Crippen molar-refractivity contribution in [1.82, 2.24) is 4.90 Å². The van der Waals surface area contributed by atoms with Crippen LogP contribution in [0, 0.1) is 0 Å². The van der Waals surface area contributed by atoms with Crippen LogP contribution in [-0.2, 0) is 9.53 Å². The third-order valence-corrected chi connectivity index (χ3v) is 4.94. The van der Waals surface area contributed by atoms with Crippen LogP contribution >= 0.6 is 11.6 Å². The third-order valence-electron chi connectivity index (χ3n) is 4.53. The summed E-state index contributed by atoms with van der Waals surface area (Å²) in [5.41, 5.74) is 0.468. The molecule has 1 saturated heterocycles. The number of hydrogen-bond donors (Lipinski definition) is 0. The number of amides is 1. The lowest BCUT2D eigenvalue weighted by atomic mass is 9.91. The van der Waals surface area contributed by atoms with Crippen LogP contribution in [0.15, 0.2) is 10.6 Å². The van der Waals surface area contributed by atoms with E-state index in [1.54, 1.807) is 0 Å². The summed E-state index contributed by atoms with van der Waals surface area (Å²) in [6.45, 7) is 5.58. The summed E-state index contributed by atoms with van der Waals surface area (Å²) in [5.74, 6) is 0.138. The van der Waals surface area contributed by atoms with Crippen molar-refractivity contribution >= 4 is 17.5 Å². The van der Waals surface area contributed by atoms with Gasteiger partial charge >= 0.3 is 0 Å². The normalized spacial score (nSPS) is 28.7. The number of allylic oxidation sites excluding steroid dienone is 1. The van der Waals surface area contributed by atoms with Crippen molar-refractivity contribution in [3.8, 4) is 0 Å². The Balaban J connectivity index is 1.81. The zero-order valence-electron chi connectivity index (χ0n) is 11.8. The minimum atomic E-state index is -0.255. The summed E-state index contributed by atoms with van der Waals surface area (Å²) in [7, 11) is 0. The van der Waals surface area contributed by atoms with E-state index in [2.05, 4.69) is 13.8 Å². The van der Waals surface area contributed by atoms with Gasteiger partial charge in [0.25, 0.3) is 5.91 Å². The molecule has 0 aromatic rings. The SMILES string of the molecule is CC1(C)CN(C(=O)C2=C(Cl)CC2)CC2(CCCC2)O1. The second-order valence-corrected chi connectivity index (χ2v) is 7.25. The lowest BCUT2D eigenvalue weighted by Crippen LogP contribution is -2.60. The molecule has 0 radical (unpaired) electrons. The maximum atomic E-state index is 12.5. The fourth-order valence-electron chi connectivity index (χ4n) is 3.70. The monoisotopic (exact) mass is 283 g/mol. The van der Waals surface area contributed by atoms with Gasteiger partial charge in [-0.3, -0.25) is 4.79 Å². The van der Waals surface area contributed by atoms with E-state index in [1.165, 1.54) is 12.8 Å². The van der Waals surface area contributed by atoms with Crippen LogP contribution in [0.1, 0.15) is 52.4 Å². The molecular weight excluding hydrogens is 262 g/mol. The van der Waals surface area contributed by atoms with Gasteiger partial charge in [-0.05, 0) is 39.5 Å². The van der Waals surface area contributed by atoms with Gasteiger partial charge in [-0.2, -0.15) is 0 Å². The molecule has 0 bridgehead atoms. The van der Waals surface area contributed by atoms with E-state index in [0.29, 0.717) is 6.54 Å². The van der Waals surface area contributed by atoms with Crippen LogP contribution in [0.4, 0.5) is 0 Å². The van der Waals surface area contributed by atoms with Gasteiger partial charge in [0, 0.05) is 17.2 Å². The van der Waals surface area contributed by atoms with E-state index in [0.717, 1.165) is 42.8 Å². The summed E-state index contributed by atoms with van der Waals surface area (Å²) in [5, 5.41) is 0.759. The lowest BCUT2D eigenvalue weighted by Gasteiger charge is -2.49. The Morgan fingerprint density at radius 1 is 1.21 bits per heavy atom. The van der Waals surface area contributed by atoms with E-state index < -0.39 is 0 Å². The molecule has 0 unspecified atom stereocenters. The molecule has 3 nitrogen and oxygen atoms in total. The molecule has 1 heterocycles. The highest BCUT2D eigenvalue weighted by Crippen LogP contribution is 2.42. The Bertz CT molecular complexity index is 435. The van der Waals surface area contributed by atoms with Crippen LogP contribution < -0.4 is 0 Å². The number of ether oxygens (including phenoxy) is 1. The number of morpholine rings is 1.